The Bertz CT molecular complexity index is 1280. The van der Waals surface area contributed by atoms with Gasteiger partial charge >= 0.3 is 0 Å². The van der Waals surface area contributed by atoms with Gasteiger partial charge in [-0.2, -0.15) is 10.2 Å². The van der Waals surface area contributed by atoms with Gasteiger partial charge in [-0.15, -0.1) is 0 Å². The second-order valence-corrected chi connectivity index (χ2v) is 6.58. The number of aromatic nitrogens is 5. The summed E-state index contributed by atoms with van der Waals surface area (Å²) in [6.45, 7) is 0. The van der Waals surface area contributed by atoms with Crippen LogP contribution in [0.3, 0.4) is 0 Å². The van der Waals surface area contributed by atoms with Crippen molar-refractivity contribution in [1.29, 1.82) is 0 Å². The molecule has 0 saturated carbocycles. The minimum atomic E-state index is -0.595. The Labute approximate surface area is 158 Å². The molecule has 2 aromatic carbocycles. The molecule has 2 N–H and O–H groups in total. The minimum Gasteiger partial charge on any atom is -0.354 e. The third-order valence-corrected chi connectivity index (χ3v) is 4.79. The summed E-state index contributed by atoms with van der Waals surface area (Å²) in [6.07, 6.45) is 1.75. The number of rotatable bonds is 3. The molecular formula is C21H15F2N5. The van der Waals surface area contributed by atoms with Crippen LogP contribution in [-0.2, 0) is 7.05 Å². The Hall–Kier alpha value is -3.74. The SMILES string of the molecule is Cn1nc(-c2cc[nH]n2)cc1-c1ccc2[nH]c(-c3c(F)cccc3F)cc2c1. The van der Waals surface area contributed by atoms with E-state index in [0.29, 0.717) is 5.69 Å². The molecule has 0 fully saturated rings. The fourth-order valence-corrected chi connectivity index (χ4v) is 3.45. The van der Waals surface area contributed by atoms with Crippen molar-refractivity contribution in [2.75, 3.05) is 0 Å². The molecule has 3 heterocycles. The molecule has 0 amide bonds. The third kappa shape index (κ3) is 2.60. The number of nitrogens with zero attached hydrogens (tertiary/aromatic N) is 3. The number of H-pyrrole nitrogens is 2. The summed E-state index contributed by atoms with van der Waals surface area (Å²) in [4.78, 5) is 3.10. The van der Waals surface area contributed by atoms with Crippen molar-refractivity contribution in [3.05, 3.63) is 72.4 Å². The molecule has 0 atom stereocenters. The third-order valence-electron chi connectivity index (χ3n) is 4.79. The molecule has 138 valence electrons. The fourth-order valence-electron chi connectivity index (χ4n) is 3.45. The number of fused-ring (bicyclic) bond motifs is 1. The van der Waals surface area contributed by atoms with E-state index in [9.17, 15) is 8.78 Å². The molecular weight excluding hydrogens is 360 g/mol. The van der Waals surface area contributed by atoms with Crippen LogP contribution in [-0.4, -0.2) is 25.0 Å². The zero-order valence-corrected chi connectivity index (χ0v) is 14.9. The van der Waals surface area contributed by atoms with Crippen LogP contribution in [0.25, 0.3) is 44.8 Å². The van der Waals surface area contributed by atoms with E-state index in [1.807, 2.05) is 37.4 Å². The summed E-state index contributed by atoms with van der Waals surface area (Å²) in [6, 6.07) is 15.3. The largest absolute Gasteiger partial charge is 0.354 e. The van der Waals surface area contributed by atoms with Crippen LogP contribution in [0.1, 0.15) is 0 Å². The van der Waals surface area contributed by atoms with E-state index in [1.54, 1.807) is 16.9 Å². The van der Waals surface area contributed by atoms with E-state index in [4.69, 9.17) is 0 Å². The monoisotopic (exact) mass is 375 g/mol. The van der Waals surface area contributed by atoms with Crippen molar-refractivity contribution in [2.45, 2.75) is 0 Å². The summed E-state index contributed by atoms with van der Waals surface area (Å²) < 4.78 is 30.0. The summed E-state index contributed by atoms with van der Waals surface area (Å²) >= 11 is 0. The smallest absolute Gasteiger partial charge is 0.135 e. The van der Waals surface area contributed by atoms with Crippen molar-refractivity contribution in [2.24, 2.45) is 7.05 Å². The lowest BCUT2D eigenvalue weighted by Crippen LogP contribution is -1.93. The molecule has 0 bridgehead atoms. The highest BCUT2D eigenvalue weighted by molar-refractivity contribution is 5.89. The first kappa shape index (κ1) is 16.4. The Morgan fingerprint density at radius 3 is 2.50 bits per heavy atom. The van der Waals surface area contributed by atoms with E-state index in [-0.39, 0.29) is 5.56 Å². The van der Waals surface area contributed by atoms with Gasteiger partial charge in [0.25, 0.3) is 0 Å². The maximum atomic E-state index is 14.1. The Morgan fingerprint density at radius 1 is 0.929 bits per heavy atom. The molecule has 28 heavy (non-hydrogen) atoms. The highest BCUT2D eigenvalue weighted by atomic mass is 19.1. The van der Waals surface area contributed by atoms with Gasteiger partial charge < -0.3 is 4.98 Å². The normalized spacial score (nSPS) is 11.4. The number of hydrogen-bond donors (Lipinski definition) is 2. The van der Waals surface area contributed by atoms with E-state index >= 15 is 0 Å². The number of nitrogens with one attached hydrogen (secondary N) is 2. The predicted molar refractivity (Wildman–Crippen MR) is 103 cm³/mol. The molecule has 3 aromatic heterocycles. The average molecular weight is 375 g/mol. The first-order chi connectivity index (χ1) is 13.6. The Balaban J connectivity index is 1.60. The van der Waals surface area contributed by atoms with Gasteiger partial charge in [0, 0.05) is 29.7 Å². The zero-order valence-electron chi connectivity index (χ0n) is 14.9. The van der Waals surface area contributed by atoms with Crippen LogP contribution >= 0.6 is 0 Å². The van der Waals surface area contributed by atoms with Crippen molar-refractivity contribution >= 4 is 10.9 Å². The molecule has 0 spiro atoms. The lowest BCUT2D eigenvalue weighted by molar-refractivity contribution is 0.589. The topological polar surface area (TPSA) is 62.3 Å². The van der Waals surface area contributed by atoms with Crippen molar-refractivity contribution in [3.63, 3.8) is 0 Å². The molecule has 7 heteroatoms. The maximum Gasteiger partial charge on any atom is 0.135 e. The number of benzene rings is 2. The van der Waals surface area contributed by atoms with Crippen LogP contribution in [0.2, 0.25) is 0 Å². The minimum absolute atomic E-state index is 0.0541. The summed E-state index contributed by atoms with van der Waals surface area (Å²) in [7, 11) is 1.87. The summed E-state index contributed by atoms with van der Waals surface area (Å²) in [5.74, 6) is -1.19. The van der Waals surface area contributed by atoms with Gasteiger partial charge in [-0.05, 0) is 42.5 Å². The van der Waals surface area contributed by atoms with E-state index in [1.165, 1.54) is 18.2 Å². The van der Waals surface area contributed by atoms with Crippen molar-refractivity contribution in [1.82, 2.24) is 25.0 Å². The van der Waals surface area contributed by atoms with Gasteiger partial charge in [-0.3, -0.25) is 9.78 Å². The van der Waals surface area contributed by atoms with E-state index in [0.717, 1.165) is 33.5 Å². The van der Waals surface area contributed by atoms with E-state index < -0.39 is 11.6 Å². The molecule has 5 rings (SSSR count). The van der Waals surface area contributed by atoms with Crippen LogP contribution in [0.4, 0.5) is 8.78 Å². The van der Waals surface area contributed by atoms with Crippen molar-refractivity contribution < 1.29 is 8.78 Å². The van der Waals surface area contributed by atoms with E-state index in [2.05, 4.69) is 20.3 Å². The van der Waals surface area contributed by atoms with Crippen LogP contribution in [0, 0.1) is 11.6 Å². The molecule has 5 aromatic rings. The predicted octanol–water partition coefficient (Wildman–Crippen LogP) is 4.90. The molecule has 5 nitrogen and oxygen atoms in total. The quantitative estimate of drug-likeness (QED) is 0.471. The number of hydrogen-bond acceptors (Lipinski definition) is 2. The van der Waals surface area contributed by atoms with Gasteiger partial charge in [0.15, 0.2) is 0 Å². The van der Waals surface area contributed by atoms with Crippen LogP contribution in [0.5, 0.6) is 0 Å². The average Bonchev–Trinajstić information content (AvgIpc) is 3.40. The van der Waals surface area contributed by atoms with Crippen molar-refractivity contribution in [3.8, 4) is 33.9 Å². The first-order valence-electron chi connectivity index (χ1n) is 8.72. The maximum absolute atomic E-state index is 14.1. The summed E-state index contributed by atoms with van der Waals surface area (Å²) in [5.41, 5.74) is 4.55. The molecule has 0 aliphatic carbocycles. The molecule has 0 aliphatic heterocycles. The highest BCUT2D eigenvalue weighted by Crippen LogP contribution is 2.32. The van der Waals surface area contributed by atoms with Gasteiger partial charge in [0.2, 0.25) is 0 Å². The lowest BCUT2D eigenvalue weighted by Gasteiger charge is -2.01. The Kier molecular flexibility index (Phi) is 3.61. The standard InChI is InChI=1S/C21H15F2N5/c1-28-20(11-18(27-28)17-7-8-24-26-17)12-5-6-16-13(9-12)10-19(25-16)21-14(22)3-2-4-15(21)23/h2-11,25H,1H3,(H,24,26). The van der Waals surface area contributed by atoms with Gasteiger partial charge in [0.1, 0.15) is 23.0 Å². The first-order valence-corrected chi connectivity index (χ1v) is 8.72. The zero-order chi connectivity index (χ0) is 19.3. The van der Waals surface area contributed by atoms with Crippen LogP contribution < -0.4 is 0 Å². The summed E-state index contributed by atoms with van der Waals surface area (Å²) in [5, 5.41) is 12.3. The number of halogens is 2. The molecule has 0 unspecified atom stereocenters. The Morgan fingerprint density at radius 2 is 1.75 bits per heavy atom. The molecule has 0 saturated heterocycles. The van der Waals surface area contributed by atoms with Gasteiger partial charge in [-0.1, -0.05) is 12.1 Å². The van der Waals surface area contributed by atoms with Gasteiger partial charge in [-0.25, -0.2) is 8.78 Å². The molecule has 0 aliphatic rings. The lowest BCUT2D eigenvalue weighted by atomic mass is 10.1. The molecule has 0 radical (unpaired) electrons. The fraction of sp³-hybridized carbons (Fsp3) is 0.0476. The van der Waals surface area contributed by atoms with Gasteiger partial charge in [0.05, 0.1) is 17.0 Å². The second-order valence-electron chi connectivity index (χ2n) is 6.58. The van der Waals surface area contributed by atoms with Crippen LogP contribution in [0.15, 0.2) is 60.8 Å². The highest BCUT2D eigenvalue weighted by Gasteiger charge is 2.15. The number of aryl methyl sites for hydroxylation is 1. The number of aromatic amines is 2. The second kappa shape index (κ2) is 6.16.